The van der Waals surface area contributed by atoms with Crippen molar-refractivity contribution in [3.63, 3.8) is 0 Å². The molecule has 0 aliphatic heterocycles. The van der Waals surface area contributed by atoms with Gasteiger partial charge in [0.25, 0.3) is 0 Å². The summed E-state index contributed by atoms with van der Waals surface area (Å²) in [5.41, 5.74) is 2.28. The fourth-order valence-electron chi connectivity index (χ4n) is 3.22. The lowest BCUT2D eigenvalue weighted by Gasteiger charge is -2.08. The second kappa shape index (κ2) is 4.08. The van der Waals surface area contributed by atoms with E-state index in [9.17, 15) is 4.79 Å². The van der Waals surface area contributed by atoms with E-state index in [4.69, 9.17) is 10.1 Å². The lowest BCUT2D eigenvalue weighted by molar-refractivity contribution is 0.0697. The maximum absolute atomic E-state index is 11.1. The number of aromatic nitrogens is 2. The highest BCUT2D eigenvalue weighted by molar-refractivity contribution is 5.92. The molecule has 1 heterocycles. The number of hydrogen-bond donors (Lipinski definition) is 1. The molecule has 2 fully saturated rings. The number of aromatic carboxylic acids is 1. The van der Waals surface area contributed by atoms with Crippen molar-refractivity contribution in [3.8, 4) is 0 Å². The molecule has 4 heteroatoms. The number of carboxylic acids is 1. The Balaban J connectivity index is 1.86. The first kappa shape index (κ1) is 11.9. The molecule has 20 heavy (non-hydrogen) atoms. The van der Waals surface area contributed by atoms with Crippen LogP contribution in [0, 0.1) is 5.92 Å². The van der Waals surface area contributed by atoms with Crippen LogP contribution < -0.4 is 0 Å². The first-order chi connectivity index (χ1) is 9.69. The van der Waals surface area contributed by atoms with Gasteiger partial charge < -0.3 is 9.67 Å². The van der Waals surface area contributed by atoms with Crippen molar-refractivity contribution >= 4 is 17.0 Å². The lowest BCUT2D eigenvalue weighted by atomic mass is 10.2. The van der Waals surface area contributed by atoms with Gasteiger partial charge in [0.2, 0.25) is 0 Å². The van der Waals surface area contributed by atoms with Crippen LogP contribution in [0.2, 0.25) is 0 Å². The van der Waals surface area contributed by atoms with Crippen LogP contribution in [0.15, 0.2) is 18.2 Å². The van der Waals surface area contributed by atoms with E-state index in [1.54, 1.807) is 12.1 Å². The highest BCUT2D eigenvalue weighted by atomic mass is 16.4. The van der Waals surface area contributed by atoms with Gasteiger partial charge in [0.15, 0.2) is 0 Å². The van der Waals surface area contributed by atoms with Crippen molar-refractivity contribution in [2.24, 2.45) is 5.92 Å². The zero-order chi connectivity index (χ0) is 13.9. The van der Waals surface area contributed by atoms with Crippen molar-refractivity contribution in [1.82, 2.24) is 9.55 Å². The fraction of sp³-hybridized carbons (Fsp3) is 0.500. The van der Waals surface area contributed by atoms with Gasteiger partial charge >= 0.3 is 5.97 Å². The van der Waals surface area contributed by atoms with Crippen LogP contribution in [0.5, 0.6) is 0 Å². The van der Waals surface area contributed by atoms with Gasteiger partial charge in [-0.1, -0.05) is 13.3 Å². The summed E-state index contributed by atoms with van der Waals surface area (Å²) in [7, 11) is 0. The minimum Gasteiger partial charge on any atom is -0.478 e. The molecule has 2 unspecified atom stereocenters. The van der Waals surface area contributed by atoms with Crippen LogP contribution in [0.3, 0.4) is 0 Å². The summed E-state index contributed by atoms with van der Waals surface area (Å²) in [6.07, 6.45) is 4.89. The Morgan fingerprint density at radius 3 is 2.85 bits per heavy atom. The first-order valence-electron chi connectivity index (χ1n) is 7.44. The van der Waals surface area contributed by atoms with Crippen LogP contribution in [0.1, 0.15) is 60.7 Å². The predicted octanol–water partition coefficient (Wildman–Crippen LogP) is 3.58. The Morgan fingerprint density at radius 1 is 1.45 bits per heavy atom. The predicted molar refractivity (Wildman–Crippen MR) is 76.1 cm³/mol. The Morgan fingerprint density at radius 2 is 2.25 bits per heavy atom. The van der Waals surface area contributed by atoms with Gasteiger partial charge in [-0.25, -0.2) is 9.78 Å². The van der Waals surface area contributed by atoms with E-state index in [2.05, 4.69) is 11.5 Å². The zero-order valence-electron chi connectivity index (χ0n) is 11.5. The van der Waals surface area contributed by atoms with E-state index in [1.807, 2.05) is 6.07 Å². The van der Waals surface area contributed by atoms with Gasteiger partial charge in [-0.3, -0.25) is 0 Å². The summed E-state index contributed by atoms with van der Waals surface area (Å²) in [5, 5.41) is 9.11. The van der Waals surface area contributed by atoms with Crippen LogP contribution >= 0.6 is 0 Å². The minimum atomic E-state index is -0.882. The molecule has 1 N–H and O–H groups in total. The SMILES string of the molecule is CCC1CC1n1c(C2CC2)nc2cc(C(=O)O)ccc21. The van der Waals surface area contributed by atoms with Crippen molar-refractivity contribution in [1.29, 1.82) is 0 Å². The third-order valence-corrected chi connectivity index (χ3v) is 4.65. The lowest BCUT2D eigenvalue weighted by Crippen LogP contribution is -2.02. The normalized spacial score (nSPS) is 25.1. The summed E-state index contributed by atoms with van der Waals surface area (Å²) in [5.74, 6) is 1.66. The molecule has 1 aromatic carbocycles. The van der Waals surface area contributed by atoms with Gasteiger partial charge in [-0.15, -0.1) is 0 Å². The summed E-state index contributed by atoms with van der Waals surface area (Å²) >= 11 is 0. The maximum atomic E-state index is 11.1. The maximum Gasteiger partial charge on any atom is 0.335 e. The fourth-order valence-corrected chi connectivity index (χ4v) is 3.22. The van der Waals surface area contributed by atoms with E-state index in [-0.39, 0.29) is 0 Å². The third-order valence-electron chi connectivity index (χ3n) is 4.65. The van der Waals surface area contributed by atoms with Crippen molar-refractivity contribution in [2.75, 3.05) is 0 Å². The minimum absolute atomic E-state index is 0.326. The highest BCUT2D eigenvalue weighted by Gasteiger charge is 2.41. The Kier molecular flexibility index (Phi) is 2.43. The van der Waals surface area contributed by atoms with Gasteiger partial charge in [-0.05, 0) is 43.4 Å². The Labute approximate surface area is 117 Å². The number of rotatable bonds is 4. The molecule has 4 rings (SSSR count). The summed E-state index contributed by atoms with van der Waals surface area (Å²) in [6, 6.07) is 5.92. The summed E-state index contributed by atoms with van der Waals surface area (Å²) in [6.45, 7) is 2.24. The van der Waals surface area contributed by atoms with Crippen LogP contribution in [-0.4, -0.2) is 20.6 Å². The smallest absolute Gasteiger partial charge is 0.335 e. The zero-order valence-corrected chi connectivity index (χ0v) is 11.5. The average Bonchev–Trinajstić information content (AvgIpc) is 3.34. The molecule has 2 aliphatic rings. The number of fused-ring (bicyclic) bond motifs is 1. The van der Waals surface area contributed by atoms with E-state index in [1.165, 1.54) is 31.5 Å². The second-order valence-electron chi connectivity index (χ2n) is 6.09. The summed E-state index contributed by atoms with van der Waals surface area (Å²) in [4.78, 5) is 15.8. The number of nitrogens with zero attached hydrogens (tertiary/aromatic N) is 2. The monoisotopic (exact) mass is 270 g/mol. The number of imidazole rings is 1. The van der Waals surface area contributed by atoms with Crippen LogP contribution in [0.25, 0.3) is 11.0 Å². The van der Waals surface area contributed by atoms with Gasteiger partial charge in [-0.2, -0.15) is 0 Å². The van der Waals surface area contributed by atoms with Crippen molar-refractivity contribution in [3.05, 3.63) is 29.6 Å². The second-order valence-corrected chi connectivity index (χ2v) is 6.09. The van der Waals surface area contributed by atoms with Crippen LogP contribution in [-0.2, 0) is 0 Å². The van der Waals surface area contributed by atoms with Gasteiger partial charge in [0, 0.05) is 12.0 Å². The van der Waals surface area contributed by atoms with Crippen molar-refractivity contribution < 1.29 is 9.90 Å². The molecule has 2 atom stereocenters. The molecule has 2 aliphatic carbocycles. The quantitative estimate of drug-likeness (QED) is 0.923. The third kappa shape index (κ3) is 1.74. The first-order valence-corrected chi connectivity index (χ1v) is 7.44. The topological polar surface area (TPSA) is 55.1 Å². The molecule has 2 saturated carbocycles. The van der Waals surface area contributed by atoms with E-state index >= 15 is 0 Å². The largest absolute Gasteiger partial charge is 0.478 e. The van der Waals surface area contributed by atoms with E-state index < -0.39 is 5.97 Å². The molecule has 1 aromatic heterocycles. The average molecular weight is 270 g/mol. The molecule has 0 spiro atoms. The van der Waals surface area contributed by atoms with E-state index in [0.717, 1.165) is 17.0 Å². The van der Waals surface area contributed by atoms with Gasteiger partial charge in [0.05, 0.1) is 16.6 Å². The number of benzene rings is 1. The standard InChI is InChI=1S/C16H18N2O2/c1-2-9-8-14(9)18-13-6-5-11(16(19)20)7-12(13)17-15(18)10-3-4-10/h5-7,9-10,14H,2-4,8H2,1H3,(H,19,20). The molecule has 0 radical (unpaired) electrons. The molecule has 0 bridgehead atoms. The molecular formula is C16H18N2O2. The molecular weight excluding hydrogens is 252 g/mol. The Bertz CT molecular complexity index is 700. The molecule has 4 nitrogen and oxygen atoms in total. The molecule has 0 amide bonds. The Hall–Kier alpha value is -1.84. The van der Waals surface area contributed by atoms with Crippen molar-refractivity contribution in [2.45, 2.75) is 44.6 Å². The molecule has 2 aromatic rings. The number of carbonyl (C=O) groups is 1. The number of hydrogen-bond acceptors (Lipinski definition) is 2. The molecule has 104 valence electrons. The summed E-state index contributed by atoms with van der Waals surface area (Å²) < 4.78 is 2.40. The highest BCUT2D eigenvalue weighted by Crippen LogP contribution is 2.51. The van der Waals surface area contributed by atoms with E-state index in [0.29, 0.717) is 17.5 Å². The molecule has 0 saturated heterocycles. The van der Waals surface area contributed by atoms with Crippen LogP contribution in [0.4, 0.5) is 0 Å². The number of carboxylic acid groups (broad SMARTS) is 1. The van der Waals surface area contributed by atoms with Gasteiger partial charge in [0.1, 0.15) is 5.82 Å².